The zero-order valence-electron chi connectivity index (χ0n) is 9.89. The van der Waals surface area contributed by atoms with Crippen LogP contribution < -0.4 is 11.1 Å². The number of aromatic nitrogens is 3. The summed E-state index contributed by atoms with van der Waals surface area (Å²) in [5.74, 6) is 0.417. The number of hydrogen-bond donors (Lipinski definition) is 3. The molecule has 0 radical (unpaired) electrons. The maximum absolute atomic E-state index is 12.1. The Hall–Kier alpha value is -2.24. The summed E-state index contributed by atoms with van der Waals surface area (Å²) in [4.78, 5) is 12.1. The topological polar surface area (TPSA) is 88.7 Å². The van der Waals surface area contributed by atoms with Crippen LogP contribution >= 0.6 is 0 Å². The number of nitrogens with one attached hydrogen (secondary N) is 2. The molecule has 0 bridgehead atoms. The first-order valence-corrected chi connectivity index (χ1v) is 5.98. The largest absolute Gasteiger partial charge is 0.384 e. The molecule has 6 nitrogen and oxygen atoms in total. The number of nitrogens with zero attached hydrogens (tertiary/aromatic N) is 2. The third-order valence-corrected chi connectivity index (χ3v) is 3.14. The first-order valence-electron chi connectivity index (χ1n) is 5.98. The fourth-order valence-electron chi connectivity index (χ4n) is 1.99. The highest BCUT2D eigenvalue weighted by atomic mass is 16.1. The molecule has 94 valence electrons. The molecule has 0 spiro atoms. The number of amides is 1. The van der Waals surface area contributed by atoms with E-state index >= 15 is 0 Å². The van der Waals surface area contributed by atoms with E-state index in [1.54, 1.807) is 6.20 Å². The van der Waals surface area contributed by atoms with E-state index in [9.17, 15) is 4.79 Å². The van der Waals surface area contributed by atoms with Gasteiger partial charge in [0, 0.05) is 24.3 Å². The summed E-state index contributed by atoms with van der Waals surface area (Å²) in [5, 5.41) is 9.30. The number of carbonyl (C=O) groups is 1. The third kappa shape index (κ3) is 1.97. The van der Waals surface area contributed by atoms with Gasteiger partial charge in [-0.1, -0.05) is 0 Å². The predicted octanol–water partition coefficient (Wildman–Crippen LogP) is 1.06. The maximum Gasteiger partial charge on any atom is 0.268 e. The van der Waals surface area contributed by atoms with Gasteiger partial charge in [0.05, 0.1) is 6.20 Å². The number of aromatic amines is 1. The summed E-state index contributed by atoms with van der Waals surface area (Å²) in [6, 6.07) is 4.24. The number of nitrogen functional groups attached to an aromatic ring is 1. The summed E-state index contributed by atoms with van der Waals surface area (Å²) in [6.07, 6.45) is 5.89. The van der Waals surface area contributed by atoms with Crippen LogP contribution in [0.1, 0.15) is 34.9 Å². The van der Waals surface area contributed by atoms with Crippen LogP contribution in [0.15, 0.2) is 24.5 Å². The minimum atomic E-state index is -0.0764. The Bertz CT molecular complexity index is 567. The third-order valence-electron chi connectivity index (χ3n) is 3.14. The van der Waals surface area contributed by atoms with Gasteiger partial charge in [-0.05, 0) is 25.0 Å². The quantitative estimate of drug-likeness (QED) is 0.752. The fraction of sp³-hybridized carbons (Fsp3) is 0.333. The average Bonchev–Trinajstić information content (AvgIpc) is 2.95. The van der Waals surface area contributed by atoms with E-state index in [4.69, 9.17) is 5.73 Å². The standard InChI is InChI=1S/C12H15N5O/c13-11-8(7-15-16-11)6-14-12(18)10-2-1-5-17(10)9-3-4-9/h1-2,5,7,9H,3-4,6H2,(H,14,18)(H3,13,15,16). The van der Waals surface area contributed by atoms with Crippen molar-refractivity contribution in [2.45, 2.75) is 25.4 Å². The Labute approximate surface area is 104 Å². The van der Waals surface area contributed by atoms with Gasteiger partial charge in [0.15, 0.2) is 0 Å². The van der Waals surface area contributed by atoms with Crippen molar-refractivity contribution in [2.75, 3.05) is 5.73 Å². The molecule has 1 amide bonds. The van der Waals surface area contributed by atoms with E-state index in [-0.39, 0.29) is 5.91 Å². The molecular formula is C12H15N5O. The first-order chi connectivity index (χ1) is 8.75. The second kappa shape index (κ2) is 4.21. The molecule has 6 heteroatoms. The van der Waals surface area contributed by atoms with Crippen LogP contribution in [0.3, 0.4) is 0 Å². The lowest BCUT2D eigenvalue weighted by Crippen LogP contribution is -2.25. The summed E-state index contributed by atoms with van der Waals surface area (Å²) in [5.41, 5.74) is 7.17. The molecule has 1 aliphatic rings. The van der Waals surface area contributed by atoms with Gasteiger partial charge in [0.25, 0.3) is 5.91 Å². The Kier molecular flexibility index (Phi) is 2.55. The molecule has 0 unspecified atom stereocenters. The molecule has 3 rings (SSSR count). The van der Waals surface area contributed by atoms with Crippen LogP contribution in [0, 0.1) is 0 Å². The minimum Gasteiger partial charge on any atom is -0.384 e. The number of rotatable bonds is 4. The Balaban J connectivity index is 1.67. The minimum absolute atomic E-state index is 0.0764. The van der Waals surface area contributed by atoms with Gasteiger partial charge in [-0.25, -0.2) is 0 Å². The number of carbonyl (C=O) groups excluding carboxylic acids is 1. The number of H-pyrrole nitrogens is 1. The van der Waals surface area contributed by atoms with Crippen LogP contribution in [0.2, 0.25) is 0 Å². The van der Waals surface area contributed by atoms with Crippen molar-refractivity contribution in [1.82, 2.24) is 20.1 Å². The van der Waals surface area contributed by atoms with Crippen molar-refractivity contribution in [3.8, 4) is 0 Å². The van der Waals surface area contributed by atoms with Gasteiger partial charge in [-0.3, -0.25) is 9.89 Å². The van der Waals surface area contributed by atoms with Crippen molar-refractivity contribution in [3.63, 3.8) is 0 Å². The molecule has 0 saturated heterocycles. The molecular weight excluding hydrogens is 230 g/mol. The van der Waals surface area contributed by atoms with E-state index < -0.39 is 0 Å². The van der Waals surface area contributed by atoms with E-state index in [2.05, 4.69) is 15.5 Å². The smallest absolute Gasteiger partial charge is 0.268 e. The normalized spacial score (nSPS) is 14.7. The van der Waals surface area contributed by atoms with Crippen molar-refractivity contribution < 1.29 is 4.79 Å². The van der Waals surface area contributed by atoms with Crippen LogP contribution in [0.25, 0.3) is 0 Å². The summed E-state index contributed by atoms with van der Waals surface area (Å²) < 4.78 is 2.04. The lowest BCUT2D eigenvalue weighted by molar-refractivity contribution is 0.0941. The first kappa shape index (κ1) is 10.9. The summed E-state index contributed by atoms with van der Waals surface area (Å²) >= 11 is 0. The van der Waals surface area contributed by atoms with E-state index in [0.29, 0.717) is 24.1 Å². The van der Waals surface area contributed by atoms with Gasteiger partial charge in [0.1, 0.15) is 11.5 Å². The van der Waals surface area contributed by atoms with Crippen LogP contribution in [-0.2, 0) is 6.54 Å². The van der Waals surface area contributed by atoms with Crippen molar-refractivity contribution in [2.24, 2.45) is 0 Å². The molecule has 0 aromatic carbocycles. The van der Waals surface area contributed by atoms with Crippen LogP contribution in [0.4, 0.5) is 5.82 Å². The van der Waals surface area contributed by atoms with Gasteiger partial charge in [-0.2, -0.15) is 5.10 Å². The average molecular weight is 245 g/mol. The zero-order valence-corrected chi connectivity index (χ0v) is 9.89. The van der Waals surface area contributed by atoms with Crippen molar-refractivity contribution >= 4 is 11.7 Å². The molecule has 0 atom stereocenters. The molecule has 18 heavy (non-hydrogen) atoms. The molecule has 2 heterocycles. The van der Waals surface area contributed by atoms with E-state index in [1.165, 1.54) is 0 Å². The molecule has 1 aliphatic carbocycles. The Morgan fingerprint density at radius 2 is 2.44 bits per heavy atom. The van der Waals surface area contributed by atoms with Gasteiger partial charge in [-0.15, -0.1) is 0 Å². The van der Waals surface area contributed by atoms with Gasteiger partial charge in [0.2, 0.25) is 0 Å². The van der Waals surface area contributed by atoms with E-state index in [0.717, 1.165) is 18.4 Å². The Morgan fingerprint density at radius 3 is 3.11 bits per heavy atom. The number of hydrogen-bond acceptors (Lipinski definition) is 3. The predicted molar refractivity (Wildman–Crippen MR) is 66.9 cm³/mol. The highest BCUT2D eigenvalue weighted by molar-refractivity contribution is 5.92. The highest BCUT2D eigenvalue weighted by Gasteiger charge is 2.26. The SMILES string of the molecule is Nc1[nH]ncc1CNC(=O)c1cccn1C1CC1. The molecule has 1 saturated carbocycles. The van der Waals surface area contributed by atoms with Gasteiger partial charge < -0.3 is 15.6 Å². The van der Waals surface area contributed by atoms with Crippen molar-refractivity contribution in [1.29, 1.82) is 0 Å². The Morgan fingerprint density at radius 1 is 1.61 bits per heavy atom. The molecule has 1 fully saturated rings. The highest BCUT2D eigenvalue weighted by Crippen LogP contribution is 2.35. The van der Waals surface area contributed by atoms with Crippen LogP contribution in [0.5, 0.6) is 0 Å². The van der Waals surface area contributed by atoms with E-state index in [1.807, 2.05) is 22.9 Å². The zero-order chi connectivity index (χ0) is 12.5. The maximum atomic E-state index is 12.1. The fourth-order valence-corrected chi connectivity index (χ4v) is 1.99. The van der Waals surface area contributed by atoms with Gasteiger partial charge >= 0.3 is 0 Å². The summed E-state index contributed by atoms with van der Waals surface area (Å²) in [6.45, 7) is 0.386. The molecule has 2 aromatic rings. The van der Waals surface area contributed by atoms with Crippen LogP contribution in [-0.4, -0.2) is 20.7 Å². The lowest BCUT2D eigenvalue weighted by atomic mass is 10.3. The number of anilines is 1. The molecule has 0 aliphatic heterocycles. The second-order valence-corrected chi connectivity index (χ2v) is 4.52. The summed E-state index contributed by atoms with van der Waals surface area (Å²) in [7, 11) is 0. The monoisotopic (exact) mass is 245 g/mol. The molecule has 2 aromatic heterocycles. The molecule has 4 N–H and O–H groups in total. The second-order valence-electron chi connectivity index (χ2n) is 4.52. The number of nitrogens with two attached hydrogens (primary N) is 1. The van der Waals surface area contributed by atoms with Crippen molar-refractivity contribution in [3.05, 3.63) is 35.8 Å². The lowest BCUT2D eigenvalue weighted by Gasteiger charge is -2.08.